The van der Waals surface area contributed by atoms with Gasteiger partial charge in [-0.25, -0.2) is 0 Å². The number of nitrogens with zero attached hydrogens (tertiary/aromatic N) is 2. The first-order valence-electron chi connectivity index (χ1n) is 6.44. The molecule has 0 bridgehead atoms. The summed E-state index contributed by atoms with van der Waals surface area (Å²) in [5.74, 6) is 0.548. The van der Waals surface area contributed by atoms with Gasteiger partial charge >= 0.3 is 0 Å². The summed E-state index contributed by atoms with van der Waals surface area (Å²) in [4.78, 5) is 14.9. The van der Waals surface area contributed by atoms with E-state index >= 15 is 0 Å². The van der Waals surface area contributed by atoms with Crippen molar-refractivity contribution in [2.24, 2.45) is 0 Å². The largest absolute Gasteiger partial charge is 0.481 e. The van der Waals surface area contributed by atoms with Crippen molar-refractivity contribution in [1.82, 2.24) is 4.90 Å². The van der Waals surface area contributed by atoms with Crippen LogP contribution in [0.1, 0.15) is 20.3 Å². The molecule has 0 aliphatic rings. The number of likely N-dealkylation sites (N-methyl/N-ethyl adjacent to an activating group) is 1. The van der Waals surface area contributed by atoms with Crippen LogP contribution in [0.15, 0.2) is 29.2 Å². The van der Waals surface area contributed by atoms with Gasteiger partial charge in [-0.15, -0.1) is 11.8 Å². The molecule has 20 heavy (non-hydrogen) atoms. The van der Waals surface area contributed by atoms with Crippen LogP contribution in [0.4, 0.5) is 0 Å². The predicted molar refractivity (Wildman–Crippen MR) is 80.8 cm³/mol. The van der Waals surface area contributed by atoms with Crippen molar-refractivity contribution < 1.29 is 9.53 Å². The maximum atomic E-state index is 12.2. The topological polar surface area (TPSA) is 53.3 Å². The van der Waals surface area contributed by atoms with E-state index in [2.05, 4.69) is 6.07 Å². The second-order valence-electron chi connectivity index (χ2n) is 4.60. The molecule has 1 aromatic rings. The van der Waals surface area contributed by atoms with E-state index in [4.69, 9.17) is 10.00 Å². The number of hydrogen-bond acceptors (Lipinski definition) is 4. The van der Waals surface area contributed by atoms with Crippen LogP contribution in [0.2, 0.25) is 0 Å². The predicted octanol–water partition coefficient (Wildman–Crippen LogP) is 2.94. The van der Waals surface area contributed by atoms with Crippen LogP contribution >= 0.6 is 11.8 Å². The van der Waals surface area contributed by atoms with Gasteiger partial charge in [0.1, 0.15) is 5.75 Å². The number of benzene rings is 1. The summed E-state index contributed by atoms with van der Waals surface area (Å²) in [6.07, 6.45) is 1.76. The highest BCUT2D eigenvalue weighted by Gasteiger charge is 2.22. The molecular formula is C15H20N2O2S. The summed E-state index contributed by atoms with van der Waals surface area (Å²) in [5, 5.41) is 8.67. The lowest BCUT2D eigenvalue weighted by atomic mass is 10.2. The van der Waals surface area contributed by atoms with E-state index in [1.54, 1.807) is 30.6 Å². The first kappa shape index (κ1) is 16.4. The number of nitriles is 1. The molecule has 0 radical (unpaired) electrons. The zero-order valence-electron chi connectivity index (χ0n) is 12.3. The highest BCUT2D eigenvalue weighted by molar-refractivity contribution is 7.98. The normalized spacial score (nSPS) is 13.2. The summed E-state index contributed by atoms with van der Waals surface area (Å²) in [5.41, 5.74) is 0. The number of rotatable bonds is 6. The number of hydrogen-bond donors (Lipinski definition) is 0. The van der Waals surface area contributed by atoms with Gasteiger partial charge in [-0.2, -0.15) is 5.26 Å². The lowest BCUT2D eigenvalue weighted by Crippen LogP contribution is -2.42. The third-order valence-corrected chi connectivity index (χ3v) is 3.86. The number of carbonyl (C=O) groups excluding carboxylic acids is 1. The number of ether oxygens (including phenoxy) is 1. The molecule has 0 fully saturated rings. The fourth-order valence-electron chi connectivity index (χ4n) is 1.68. The molecule has 0 spiro atoms. The molecule has 0 N–H and O–H groups in total. The van der Waals surface area contributed by atoms with E-state index in [0.717, 1.165) is 4.90 Å². The SMILES string of the molecule is CSc1ccc(O[C@H](C)C(=O)N(C)[C@H](C)CC#N)cc1. The third kappa shape index (κ3) is 4.46. The Bertz CT molecular complexity index is 482. The molecule has 1 rings (SSSR count). The fraction of sp³-hybridized carbons (Fsp3) is 0.467. The summed E-state index contributed by atoms with van der Waals surface area (Å²) >= 11 is 1.66. The van der Waals surface area contributed by atoms with Crippen LogP contribution in [0.3, 0.4) is 0 Å². The monoisotopic (exact) mass is 292 g/mol. The molecule has 0 heterocycles. The van der Waals surface area contributed by atoms with Crippen molar-refractivity contribution in [1.29, 1.82) is 5.26 Å². The van der Waals surface area contributed by atoms with Crippen LogP contribution < -0.4 is 4.74 Å². The molecule has 0 unspecified atom stereocenters. The summed E-state index contributed by atoms with van der Waals surface area (Å²) in [6, 6.07) is 9.58. The molecule has 0 aliphatic heterocycles. The van der Waals surface area contributed by atoms with E-state index in [9.17, 15) is 4.79 Å². The van der Waals surface area contributed by atoms with Crippen molar-refractivity contribution >= 4 is 17.7 Å². The van der Waals surface area contributed by atoms with Gasteiger partial charge in [0.05, 0.1) is 12.5 Å². The molecule has 0 saturated heterocycles. The third-order valence-electron chi connectivity index (χ3n) is 3.12. The van der Waals surface area contributed by atoms with E-state index in [1.165, 1.54) is 0 Å². The van der Waals surface area contributed by atoms with E-state index in [-0.39, 0.29) is 11.9 Å². The molecule has 108 valence electrons. The van der Waals surface area contributed by atoms with Crippen LogP contribution in [0.5, 0.6) is 5.75 Å². The van der Waals surface area contributed by atoms with Crippen LogP contribution in [0.25, 0.3) is 0 Å². The van der Waals surface area contributed by atoms with Gasteiger partial charge in [0.2, 0.25) is 0 Å². The van der Waals surface area contributed by atoms with Crippen molar-refractivity contribution in [3.05, 3.63) is 24.3 Å². The summed E-state index contributed by atoms with van der Waals surface area (Å²) < 4.78 is 5.64. The van der Waals surface area contributed by atoms with Crippen molar-refractivity contribution in [3.63, 3.8) is 0 Å². The molecule has 0 saturated carbocycles. The highest BCUT2D eigenvalue weighted by Crippen LogP contribution is 2.20. The molecular weight excluding hydrogens is 272 g/mol. The maximum Gasteiger partial charge on any atom is 0.263 e. The quantitative estimate of drug-likeness (QED) is 0.756. The second-order valence-corrected chi connectivity index (χ2v) is 5.48. The average molecular weight is 292 g/mol. The summed E-state index contributed by atoms with van der Waals surface area (Å²) in [6.45, 7) is 3.57. The van der Waals surface area contributed by atoms with Gasteiger partial charge in [0, 0.05) is 18.0 Å². The lowest BCUT2D eigenvalue weighted by molar-refractivity contribution is -0.138. The van der Waals surface area contributed by atoms with Gasteiger partial charge in [-0.1, -0.05) is 0 Å². The molecule has 2 atom stereocenters. The van der Waals surface area contributed by atoms with Crippen molar-refractivity contribution in [2.75, 3.05) is 13.3 Å². The Morgan fingerprint density at radius 1 is 1.40 bits per heavy atom. The number of amides is 1. The Balaban J connectivity index is 2.62. The van der Waals surface area contributed by atoms with Crippen molar-refractivity contribution in [3.8, 4) is 11.8 Å². The van der Waals surface area contributed by atoms with Crippen LogP contribution in [-0.2, 0) is 4.79 Å². The Hall–Kier alpha value is -1.67. The Morgan fingerprint density at radius 2 is 2.00 bits per heavy atom. The van der Waals surface area contributed by atoms with Crippen LogP contribution in [-0.4, -0.2) is 36.3 Å². The minimum atomic E-state index is -0.568. The van der Waals surface area contributed by atoms with Gasteiger partial charge in [-0.05, 0) is 44.4 Å². The Labute approximate surface area is 124 Å². The molecule has 4 nitrogen and oxygen atoms in total. The fourth-order valence-corrected chi connectivity index (χ4v) is 2.09. The van der Waals surface area contributed by atoms with Gasteiger partial charge < -0.3 is 9.64 Å². The van der Waals surface area contributed by atoms with Gasteiger partial charge in [0.15, 0.2) is 6.10 Å². The maximum absolute atomic E-state index is 12.2. The minimum absolute atomic E-state index is 0.114. The second kappa shape index (κ2) is 7.81. The van der Waals surface area contributed by atoms with E-state index < -0.39 is 6.10 Å². The Kier molecular flexibility index (Phi) is 6.40. The smallest absolute Gasteiger partial charge is 0.263 e. The molecule has 1 amide bonds. The average Bonchev–Trinajstić information content (AvgIpc) is 2.46. The number of carbonyl (C=O) groups is 1. The van der Waals surface area contributed by atoms with Crippen molar-refractivity contribution in [2.45, 2.75) is 37.3 Å². The highest BCUT2D eigenvalue weighted by atomic mass is 32.2. The standard InChI is InChI=1S/C15H20N2O2S/c1-11(9-10-16)17(3)15(18)12(2)19-13-5-7-14(20-4)8-6-13/h5-8,11-12H,9H2,1-4H3/t11-,12-/m1/s1. The molecule has 1 aromatic carbocycles. The summed E-state index contributed by atoms with van der Waals surface area (Å²) in [7, 11) is 1.70. The van der Waals surface area contributed by atoms with E-state index in [1.807, 2.05) is 37.4 Å². The zero-order chi connectivity index (χ0) is 15.1. The Morgan fingerprint density at radius 3 is 2.50 bits per heavy atom. The van der Waals surface area contributed by atoms with Gasteiger partial charge in [0.25, 0.3) is 5.91 Å². The first-order chi connectivity index (χ1) is 9.49. The first-order valence-corrected chi connectivity index (χ1v) is 7.66. The lowest BCUT2D eigenvalue weighted by Gasteiger charge is -2.26. The van der Waals surface area contributed by atoms with Gasteiger partial charge in [-0.3, -0.25) is 4.79 Å². The zero-order valence-corrected chi connectivity index (χ0v) is 13.1. The minimum Gasteiger partial charge on any atom is -0.481 e. The molecule has 0 aromatic heterocycles. The molecule has 5 heteroatoms. The number of thioether (sulfide) groups is 1. The molecule has 0 aliphatic carbocycles. The van der Waals surface area contributed by atoms with E-state index in [0.29, 0.717) is 12.2 Å². The van der Waals surface area contributed by atoms with Crippen LogP contribution in [0, 0.1) is 11.3 Å².